The topological polar surface area (TPSA) is 74.6 Å². The van der Waals surface area contributed by atoms with E-state index in [1.165, 1.54) is 70.6 Å². The summed E-state index contributed by atoms with van der Waals surface area (Å²) in [6.07, 6.45) is 21.1. The Labute approximate surface area is 169 Å². The monoisotopic (exact) mass is 406 g/mol. The van der Waals surface area contributed by atoms with Gasteiger partial charge < -0.3 is 5.11 Å². The lowest BCUT2D eigenvalue weighted by molar-refractivity contribution is 0.282. The Balaban J connectivity index is 3.55. The summed E-state index contributed by atoms with van der Waals surface area (Å²) in [5.41, 5.74) is 0. The predicted molar refractivity (Wildman–Crippen MR) is 116 cm³/mol. The molecule has 4 nitrogen and oxygen atoms in total. The minimum Gasteiger partial charge on any atom is -0.396 e. The summed E-state index contributed by atoms with van der Waals surface area (Å²) >= 11 is 0. The van der Waals surface area contributed by atoms with Crippen LogP contribution >= 0.6 is 0 Å². The van der Waals surface area contributed by atoms with Crippen molar-refractivity contribution < 1.29 is 18.1 Å². The average Bonchev–Trinajstić information content (AvgIpc) is 2.62. The highest BCUT2D eigenvalue weighted by Gasteiger charge is 2.21. The van der Waals surface area contributed by atoms with E-state index in [1.807, 2.05) is 0 Å². The second kappa shape index (κ2) is 19.2. The predicted octanol–water partition coefficient (Wildman–Crippen LogP) is 6.67. The molecule has 1 unspecified atom stereocenters. The molecule has 0 aliphatic rings. The molecule has 0 saturated heterocycles. The van der Waals surface area contributed by atoms with Gasteiger partial charge in [-0.3, -0.25) is 4.55 Å². The second-order valence-electron chi connectivity index (χ2n) is 8.09. The zero-order valence-corrected chi connectivity index (χ0v) is 18.7. The maximum Gasteiger partial charge on any atom is 0.267 e. The average molecular weight is 407 g/mol. The van der Waals surface area contributed by atoms with Gasteiger partial charge in [-0.2, -0.15) is 8.42 Å². The van der Waals surface area contributed by atoms with Crippen LogP contribution in [0, 0.1) is 0 Å². The van der Waals surface area contributed by atoms with E-state index in [0.29, 0.717) is 12.8 Å². The molecule has 0 aliphatic heterocycles. The normalized spacial score (nSPS) is 13.1. The van der Waals surface area contributed by atoms with Crippen LogP contribution in [0.5, 0.6) is 0 Å². The lowest BCUT2D eigenvalue weighted by atomic mass is 10.0. The summed E-state index contributed by atoms with van der Waals surface area (Å²) < 4.78 is 32.4. The SMILES string of the molecule is CCCCCCCCCCCCCCCC(CCCCCCO)S(=O)(=O)O. The quantitative estimate of drug-likeness (QED) is 0.165. The minimum atomic E-state index is -3.92. The molecule has 0 spiro atoms. The van der Waals surface area contributed by atoms with E-state index in [4.69, 9.17) is 5.11 Å². The highest BCUT2D eigenvalue weighted by Crippen LogP contribution is 2.19. The van der Waals surface area contributed by atoms with Gasteiger partial charge in [-0.1, -0.05) is 110 Å². The summed E-state index contributed by atoms with van der Waals surface area (Å²) in [5.74, 6) is 0. The first-order valence-corrected chi connectivity index (χ1v) is 13.1. The molecular weight excluding hydrogens is 360 g/mol. The van der Waals surface area contributed by atoms with Gasteiger partial charge in [0.05, 0.1) is 5.25 Å². The highest BCUT2D eigenvalue weighted by molar-refractivity contribution is 7.86. The fourth-order valence-corrected chi connectivity index (χ4v) is 4.60. The number of aliphatic hydroxyl groups excluding tert-OH is 1. The maximum atomic E-state index is 11.5. The van der Waals surface area contributed by atoms with Gasteiger partial charge in [-0.25, -0.2) is 0 Å². The number of unbranched alkanes of at least 4 members (excludes halogenated alkanes) is 15. The molecule has 0 fully saturated rings. The van der Waals surface area contributed by atoms with Crippen LogP contribution in [0.1, 0.15) is 129 Å². The van der Waals surface area contributed by atoms with Gasteiger partial charge in [0.1, 0.15) is 0 Å². The summed E-state index contributed by atoms with van der Waals surface area (Å²) in [6, 6.07) is 0. The van der Waals surface area contributed by atoms with Crippen molar-refractivity contribution in [2.24, 2.45) is 0 Å². The molecule has 2 N–H and O–H groups in total. The van der Waals surface area contributed by atoms with Crippen LogP contribution in [0.4, 0.5) is 0 Å². The van der Waals surface area contributed by atoms with Gasteiger partial charge in [0, 0.05) is 6.61 Å². The number of hydrogen-bond donors (Lipinski definition) is 2. The van der Waals surface area contributed by atoms with Crippen LogP contribution in [0.3, 0.4) is 0 Å². The third kappa shape index (κ3) is 19.0. The van der Waals surface area contributed by atoms with Crippen molar-refractivity contribution in [3.63, 3.8) is 0 Å². The summed E-state index contributed by atoms with van der Waals surface area (Å²) in [6.45, 7) is 2.45. The zero-order valence-electron chi connectivity index (χ0n) is 17.8. The standard InChI is InChI=1S/C22H46O4S/c1-2-3-4-5-6-7-8-9-10-11-12-13-16-19-22(27(24,25)26)20-17-14-15-18-21-23/h22-23H,2-21H2,1H3,(H,24,25,26). The van der Waals surface area contributed by atoms with Gasteiger partial charge in [0.25, 0.3) is 10.1 Å². The summed E-state index contributed by atoms with van der Waals surface area (Å²) in [4.78, 5) is 0. The van der Waals surface area contributed by atoms with Crippen LogP contribution in [0.25, 0.3) is 0 Å². The van der Waals surface area contributed by atoms with Crippen molar-refractivity contribution in [1.29, 1.82) is 0 Å². The molecule has 0 saturated carbocycles. The van der Waals surface area contributed by atoms with Crippen molar-refractivity contribution in [3.8, 4) is 0 Å². The van der Waals surface area contributed by atoms with Crippen LogP contribution < -0.4 is 0 Å². The Hall–Kier alpha value is -0.130. The molecule has 0 bridgehead atoms. The summed E-state index contributed by atoms with van der Waals surface area (Å²) in [5, 5.41) is 8.16. The van der Waals surface area contributed by atoms with Crippen molar-refractivity contribution >= 4 is 10.1 Å². The first-order valence-electron chi connectivity index (χ1n) is 11.6. The van der Waals surface area contributed by atoms with E-state index in [2.05, 4.69) is 6.92 Å². The van der Waals surface area contributed by atoms with E-state index in [0.717, 1.165) is 38.5 Å². The first kappa shape index (κ1) is 26.9. The molecular formula is C22H46O4S. The van der Waals surface area contributed by atoms with Crippen molar-refractivity contribution in [2.75, 3.05) is 6.61 Å². The number of rotatable bonds is 21. The molecule has 0 rings (SSSR count). The third-order valence-electron chi connectivity index (χ3n) is 5.49. The first-order chi connectivity index (χ1) is 13.0. The fourth-order valence-electron chi connectivity index (χ4n) is 3.67. The lowest BCUT2D eigenvalue weighted by Crippen LogP contribution is -2.20. The molecule has 0 aromatic carbocycles. The number of hydrogen-bond acceptors (Lipinski definition) is 3. The van der Waals surface area contributed by atoms with E-state index in [9.17, 15) is 13.0 Å². The van der Waals surface area contributed by atoms with Crippen LogP contribution in [-0.4, -0.2) is 29.9 Å². The molecule has 5 heteroatoms. The molecule has 0 amide bonds. The Morgan fingerprint density at radius 1 is 0.593 bits per heavy atom. The molecule has 0 aromatic heterocycles. The van der Waals surface area contributed by atoms with Gasteiger partial charge in [0.15, 0.2) is 0 Å². The molecule has 0 radical (unpaired) electrons. The van der Waals surface area contributed by atoms with Gasteiger partial charge in [-0.05, 0) is 19.3 Å². The van der Waals surface area contributed by atoms with Crippen LogP contribution in [0.2, 0.25) is 0 Å². The Morgan fingerprint density at radius 2 is 0.926 bits per heavy atom. The molecule has 164 valence electrons. The largest absolute Gasteiger partial charge is 0.396 e. The van der Waals surface area contributed by atoms with Crippen molar-refractivity contribution in [2.45, 2.75) is 134 Å². The van der Waals surface area contributed by atoms with Crippen LogP contribution in [0.15, 0.2) is 0 Å². The maximum absolute atomic E-state index is 11.5. The number of aliphatic hydroxyl groups is 1. The zero-order chi connectivity index (χ0) is 20.2. The van der Waals surface area contributed by atoms with E-state index < -0.39 is 15.4 Å². The van der Waals surface area contributed by atoms with Gasteiger partial charge in [-0.15, -0.1) is 0 Å². The molecule has 0 aliphatic carbocycles. The smallest absolute Gasteiger partial charge is 0.267 e. The van der Waals surface area contributed by atoms with Crippen LogP contribution in [-0.2, 0) is 10.1 Å². The van der Waals surface area contributed by atoms with E-state index in [-0.39, 0.29) is 6.61 Å². The molecule has 0 aromatic rings. The molecule has 0 heterocycles. The molecule has 1 atom stereocenters. The van der Waals surface area contributed by atoms with E-state index >= 15 is 0 Å². The van der Waals surface area contributed by atoms with E-state index in [1.54, 1.807) is 0 Å². The Bertz CT molecular complexity index is 395. The lowest BCUT2D eigenvalue weighted by Gasteiger charge is -2.13. The summed E-state index contributed by atoms with van der Waals surface area (Å²) in [7, 11) is -3.92. The highest BCUT2D eigenvalue weighted by atomic mass is 32.2. The Kier molecular flexibility index (Phi) is 19.1. The second-order valence-corrected chi connectivity index (χ2v) is 9.79. The van der Waals surface area contributed by atoms with Crippen molar-refractivity contribution in [3.05, 3.63) is 0 Å². The fraction of sp³-hybridized carbons (Fsp3) is 1.00. The Morgan fingerprint density at radius 3 is 1.26 bits per heavy atom. The third-order valence-corrected chi connectivity index (χ3v) is 6.80. The minimum absolute atomic E-state index is 0.195. The van der Waals surface area contributed by atoms with Gasteiger partial charge >= 0.3 is 0 Å². The molecule has 27 heavy (non-hydrogen) atoms. The van der Waals surface area contributed by atoms with Gasteiger partial charge in [0.2, 0.25) is 0 Å². The van der Waals surface area contributed by atoms with Crippen molar-refractivity contribution in [1.82, 2.24) is 0 Å².